The van der Waals surface area contributed by atoms with E-state index >= 15 is 0 Å². The monoisotopic (exact) mass is 325 g/mol. The van der Waals surface area contributed by atoms with Crippen LogP contribution in [0, 0.1) is 0 Å². The minimum absolute atomic E-state index is 0.271. The highest BCUT2D eigenvalue weighted by molar-refractivity contribution is 5.69. The highest BCUT2D eigenvalue weighted by atomic mass is 16.6. The van der Waals surface area contributed by atoms with Crippen LogP contribution in [0.25, 0.3) is 0 Å². The number of allylic oxidation sites excluding steroid dienone is 1. The predicted molar refractivity (Wildman–Crippen MR) is 91.2 cm³/mol. The lowest BCUT2D eigenvalue weighted by Gasteiger charge is -2.41. The molecule has 0 spiro atoms. The first-order valence-electron chi connectivity index (χ1n) is 8.28. The fourth-order valence-electron chi connectivity index (χ4n) is 2.99. The molecule has 0 aromatic carbocycles. The maximum atomic E-state index is 12.4. The van der Waals surface area contributed by atoms with Crippen molar-refractivity contribution in [3.63, 3.8) is 0 Å². The van der Waals surface area contributed by atoms with Crippen LogP contribution in [-0.4, -0.2) is 51.1 Å². The number of hydrogen-bond donors (Lipinski definition) is 2. The molecule has 132 valence electrons. The third-order valence-electron chi connectivity index (χ3n) is 4.11. The van der Waals surface area contributed by atoms with Crippen molar-refractivity contribution in [1.29, 1.82) is 0 Å². The van der Waals surface area contributed by atoms with E-state index in [0.29, 0.717) is 13.0 Å². The zero-order valence-electron chi connectivity index (χ0n) is 14.8. The molecular formula is C18H31NO4. The van der Waals surface area contributed by atoms with Gasteiger partial charge in [0.05, 0.1) is 12.1 Å². The van der Waals surface area contributed by atoms with Crippen LogP contribution in [0.1, 0.15) is 53.4 Å². The maximum Gasteiger partial charge on any atom is 0.410 e. The largest absolute Gasteiger partial charge is 0.444 e. The van der Waals surface area contributed by atoms with Crippen molar-refractivity contribution in [2.45, 2.75) is 76.7 Å². The summed E-state index contributed by atoms with van der Waals surface area (Å²) in [4.78, 5) is 14.0. The minimum atomic E-state index is -1.41. The Kier molecular flexibility index (Phi) is 6.84. The normalized spacial score (nSPS) is 22.9. The summed E-state index contributed by atoms with van der Waals surface area (Å²) in [6, 6.07) is -0.469. The second kappa shape index (κ2) is 7.97. The van der Waals surface area contributed by atoms with Crippen molar-refractivity contribution in [2.75, 3.05) is 6.54 Å². The molecule has 0 aromatic rings. The van der Waals surface area contributed by atoms with Gasteiger partial charge in [-0.2, -0.15) is 0 Å². The molecule has 1 aliphatic rings. The van der Waals surface area contributed by atoms with Crippen LogP contribution in [-0.2, 0) is 4.74 Å². The molecule has 1 rings (SSSR count). The van der Waals surface area contributed by atoms with Crippen LogP contribution in [0.3, 0.4) is 0 Å². The quantitative estimate of drug-likeness (QED) is 0.737. The van der Waals surface area contributed by atoms with E-state index in [2.05, 4.69) is 6.58 Å². The van der Waals surface area contributed by atoms with Crippen molar-refractivity contribution in [2.24, 2.45) is 0 Å². The number of likely N-dealkylation sites (tertiary alicyclic amines) is 1. The molecule has 0 radical (unpaired) electrons. The molecule has 2 N–H and O–H groups in total. The second-order valence-corrected chi connectivity index (χ2v) is 7.14. The molecule has 1 unspecified atom stereocenters. The second-order valence-electron chi connectivity index (χ2n) is 7.14. The van der Waals surface area contributed by atoms with E-state index in [4.69, 9.17) is 4.74 Å². The maximum absolute atomic E-state index is 12.4. The van der Waals surface area contributed by atoms with Crippen LogP contribution in [0.2, 0.25) is 0 Å². The number of nitrogens with zero attached hydrogens (tertiary/aromatic N) is 1. The molecule has 0 aliphatic carbocycles. The first kappa shape index (κ1) is 19.7. The summed E-state index contributed by atoms with van der Waals surface area (Å²) in [6.45, 7) is 11.5. The zero-order valence-corrected chi connectivity index (χ0v) is 14.8. The van der Waals surface area contributed by atoms with Gasteiger partial charge >= 0.3 is 6.09 Å². The van der Waals surface area contributed by atoms with Gasteiger partial charge < -0.3 is 19.8 Å². The summed E-state index contributed by atoms with van der Waals surface area (Å²) >= 11 is 0. The smallest absolute Gasteiger partial charge is 0.410 e. The van der Waals surface area contributed by atoms with Gasteiger partial charge in [0.2, 0.25) is 0 Å². The lowest BCUT2D eigenvalue weighted by molar-refractivity contribution is -0.114. The van der Waals surface area contributed by atoms with E-state index in [1.807, 2.05) is 39.8 Å². The molecule has 23 heavy (non-hydrogen) atoms. The predicted octanol–water partition coefficient (Wildman–Crippen LogP) is 3.02. The summed E-state index contributed by atoms with van der Waals surface area (Å²) in [5.41, 5.74) is -2.00. The molecule has 3 atom stereocenters. The van der Waals surface area contributed by atoms with Crippen LogP contribution in [0.4, 0.5) is 4.79 Å². The van der Waals surface area contributed by atoms with Gasteiger partial charge in [-0.1, -0.05) is 18.2 Å². The van der Waals surface area contributed by atoms with E-state index in [1.165, 1.54) is 0 Å². The van der Waals surface area contributed by atoms with Crippen molar-refractivity contribution in [3.05, 3.63) is 24.8 Å². The SMILES string of the molecule is C=CCC(O)[C@](O)(C/C=C/C)[C@@H]1CCCN1C(=O)OC(C)(C)C. The first-order valence-corrected chi connectivity index (χ1v) is 8.28. The summed E-state index contributed by atoms with van der Waals surface area (Å²) in [6.07, 6.45) is 5.78. The number of carbonyl (C=O) groups is 1. The first-order chi connectivity index (χ1) is 10.7. The molecule has 0 bridgehead atoms. The molecule has 1 heterocycles. The van der Waals surface area contributed by atoms with E-state index in [9.17, 15) is 15.0 Å². The number of ether oxygens (including phenoxy) is 1. The fraction of sp³-hybridized carbons (Fsp3) is 0.722. The Morgan fingerprint density at radius 1 is 1.48 bits per heavy atom. The highest BCUT2D eigenvalue weighted by Gasteiger charge is 2.48. The fourth-order valence-corrected chi connectivity index (χ4v) is 2.99. The molecular weight excluding hydrogens is 294 g/mol. The van der Waals surface area contributed by atoms with Gasteiger partial charge in [-0.15, -0.1) is 6.58 Å². The molecule has 5 nitrogen and oxygen atoms in total. The Morgan fingerprint density at radius 3 is 2.65 bits per heavy atom. The summed E-state index contributed by atoms with van der Waals surface area (Å²) < 4.78 is 5.45. The minimum Gasteiger partial charge on any atom is -0.444 e. The van der Waals surface area contributed by atoms with Crippen LogP contribution < -0.4 is 0 Å². The number of rotatable bonds is 6. The zero-order chi connectivity index (χ0) is 17.7. The summed E-state index contributed by atoms with van der Waals surface area (Å²) in [7, 11) is 0. The number of carbonyl (C=O) groups excluding carboxylic acids is 1. The van der Waals surface area contributed by atoms with Gasteiger partial charge in [-0.25, -0.2) is 4.79 Å². The Balaban J connectivity index is 3.03. The van der Waals surface area contributed by atoms with Gasteiger partial charge in [0.1, 0.15) is 11.2 Å². The summed E-state index contributed by atoms with van der Waals surface area (Å²) in [5.74, 6) is 0. The van der Waals surface area contributed by atoms with Gasteiger partial charge in [0, 0.05) is 6.54 Å². The van der Waals surface area contributed by atoms with Gasteiger partial charge in [0.25, 0.3) is 0 Å². The molecule has 1 aliphatic heterocycles. The Morgan fingerprint density at radius 2 is 2.13 bits per heavy atom. The molecule has 1 saturated heterocycles. The lowest BCUT2D eigenvalue weighted by Crippen LogP contribution is -2.58. The van der Waals surface area contributed by atoms with Gasteiger partial charge in [0.15, 0.2) is 0 Å². The van der Waals surface area contributed by atoms with Crippen molar-refractivity contribution >= 4 is 6.09 Å². The number of aliphatic hydroxyl groups is 2. The van der Waals surface area contributed by atoms with Crippen LogP contribution in [0.15, 0.2) is 24.8 Å². The van der Waals surface area contributed by atoms with E-state index < -0.39 is 29.4 Å². The molecule has 0 aromatic heterocycles. The average Bonchev–Trinajstić information content (AvgIpc) is 2.93. The third kappa shape index (κ3) is 5.08. The van der Waals surface area contributed by atoms with Crippen molar-refractivity contribution in [3.8, 4) is 0 Å². The van der Waals surface area contributed by atoms with E-state index in [0.717, 1.165) is 6.42 Å². The molecule has 1 amide bonds. The molecule has 5 heteroatoms. The summed E-state index contributed by atoms with van der Waals surface area (Å²) in [5, 5.41) is 21.6. The highest BCUT2D eigenvalue weighted by Crippen LogP contribution is 2.35. The van der Waals surface area contributed by atoms with Crippen LogP contribution >= 0.6 is 0 Å². The topological polar surface area (TPSA) is 70.0 Å². The Hall–Kier alpha value is -1.33. The number of amides is 1. The average molecular weight is 325 g/mol. The molecule has 1 fully saturated rings. The molecule has 0 saturated carbocycles. The lowest BCUT2D eigenvalue weighted by atomic mass is 9.82. The van der Waals surface area contributed by atoms with E-state index in [1.54, 1.807) is 11.0 Å². The third-order valence-corrected chi connectivity index (χ3v) is 4.11. The number of aliphatic hydroxyl groups excluding tert-OH is 1. The van der Waals surface area contributed by atoms with Gasteiger partial charge in [-0.05, 0) is 53.4 Å². The van der Waals surface area contributed by atoms with Gasteiger partial charge in [-0.3, -0.25) is 0 Å². The van der Waals surface area contributed by atoms with Crippen molar-refractivity contribution < 1.29 is 19.7 Å². The number of hydrogen-bond acceptors (Lipinski definition) is 4. The van der Waals surface area contributed by atoms with Crippen molar-refractivity contribution in [1.82, 2.24) is 4.90 Å². The van der Waals surface area contributed by atoms with Crippen LogP contribution in [0.5, 0.6) is 0 Å². The Labute approximate surface area is 139 Å². The van der Waals surface area contributed by atoms with E-state index in [-0.39, 0.29) is 12.8 Å². The standard InChI is InChI=1S/C18H31NO4/c1-6-8-12-18(22,15(20)10-7-2)14-11-9-13-19(14)16(21)23-17(3,4)5/h6-8,14-15,20,22H,2,9-13H2,1,3-5H3/b8-6+/t14-,15?,18-/m0/s1. The Bertz CT molecular complexity index is 441.